The Morgan fingerprint density at radius 3 is 2.67 bits per heavy atom. The van der Waals surface area contributed by atoms with Crippen molar-refractivity contribution in [2.24, 2.45) is 0 Å². The fourth-order valence-electron chi connectivity index (χ4n) is 2.22. The topological polar surface area (TPSA) is 60.7 Å². The molecule has 0 unspecified atom stereocenters. The van der Waals surface area contributed by atoms with Gasteiger partial charge in [0.2, 0.25) is 5.16 Å². The lowest BCUT2D eigenvalue weighted by Crippen LogP contribution is -2.06. The maximum Gasteiger partial charge on any atom is 0.214 e. The molecule has 1 aromatic heterocycles. The van der Waals surface area contributed by atoms with Gasteiger partial charge in [-0.25, -0.2) is 4.39 Å². The van der Waals surface area contributed by atoms with Crippen LogP contribution in [0.5, 0.6) is 0 Å². The predicted octanol–water partition coefficient (Wildman–Crippen LogP) is 3.39. The number of aryl methyl sites for hydroxylation is 2. The van der Waals surface area contributed by atoms with E-state index in [1.165, 1.54) is 36.0 Å². The smallest absolute Gasteiger partial charge is 0.214 e. The highest BCUT2D eigenvalue weighted by Gasteiger charge is 2.14. The number of hydrogen-bond donors (Lipinski definition) is 0. The van der Waals surface area contributed by atoms with Gasteiger partial charge in [-0.2, -0.15) is 4.68 Å². The van der Waals surface area contributed by atoms with E-state index >= 15 is 0 Å². The average molecular weight is 342 g/mol. The standard InChI is InChI=1S/C17H15FN4OS/c1-11-3-4-12(2)15(9-11)22-17(19-20-21-22)24-10-16(23)13-5-7-14(18)8-6-13/h3-9H,10H2,1-2H3. The number of carbonyl (C=O) groups is 1. The molecule has 0 spiro atoms. The predicted molar refractivity (Wildman–Crippen MR) is 90.1 cm³/mol. The van der Waals surface area contributed by atoms with Gasteiger partial charge in [-0.1, -0.05) is 23.9 Å². The number of nitrogens with zero attached hydrogens (tertiary/aromatic N) is 4. The highest BCUT2D eigenvalue weighted by atomic mass is 32.2. The minimum Gasteiger partial charge on any atom is -0.293 e. The van der Waals surface area contributed by atoms with E-state index in [2.05, 4.69) is 15.5 Å². The molecule has 0 amide bonds. The first-order chi connectivity index (χ1) is 11.5. The monoisotopic (exact) mass is 342 g/mol. The molecular weight excluding hydrogens is 327 g/mol. The number of tetrazole rings is 1. The zero-order valence-corrected chi connectivity index (χ0v) is 14.0. The summed E-state index contributed by atoms with van der Waals surface area (Å²) < 4.78 is 14.6. The van der Waals surface area contributed by atoms with Crippen LogP contribution in [0.15, 0.2) is 47.6 Å². The van der Waals surface area contributed by atoms with Crippen molar-refractivity contribution in [1.82, 2.24) is 20.2 Å². The summed E-state index contributed by atoms with van der Waals surface area (Å²) in [5, 5.41) is 12.3. The Labute approximate surface area is 142 Å². The lowest BCUT2D eigenvalue weighted by Gasteiger charge is -2.08. The van der Waals surface area contributed by atoms with Crippen molar-refractivity contribution >= 4 is 17.5 Å². The third-order valence-electron chi connectivity index (χ3n) is 3.53. The molecule has 2 aromatic carbocycles. The summed E-state index contributed by atoms with van der Waals surface area (Å²) in [5.74, 6) is -0.287. The molecule has 7 heteroatoms. The number of Topliss-reactive ketones (excluding diaryl/α,β-unsaturated/α-hetero) is 1. The van der Waals surface area contributed by atoms with E-state index in [-0.39, 0.29) is 17.4 Å². The second kappa shape index (κ2) is 6.92. The second-order valence-electron chi connectivity index (χ2n) is 5.38. The van der Waals surface area contributed by atoms with Crippen molar-refractivity contribution in [3.8, 4) is 5.69 Å². The molecule has 0 bridgehead atoms. The van der Waals surface area contributed by atoms with E-state index in [9.17, 15) is 9.18 Å². The van der Waals surface area contributed by atoms with Crippen LogP contribution >= 0.6 is 11.8 Å². The summed E-state index contributed by atoms with van der Waals surface area (Å²) >= 11 is 1.25. The molecule has 0 saturated carbocycles. The van der Waals surface area contributed by atoms with Crippen LogP contribution < -0.4 is 0 Å². The van der Waals surface area contributed by atoms with Gasteiger partial charge in [-0.05, 0) is 65.7 Å². The summed E-state index contributed by atoms with van der Waals surface area (Å²) in [7, 11) is 0. The van der Waals surface area contributed by atoms with E-state index in [1.54, 1.807) is 4.68 Å². The maximum absolute atomic E-state index is 12.9. The molecule has 0 saturated heterocycles. The second-order valence-corrected chi connectivity index (χ2v) is 6.32. The van der Waals surface area contributed by atoms with Crippen LogP contribution in [0.4, 0.5) is 4.39 Å². The number of aromatic nitrogens is 4. The van der Waals surface area contributed by atoms with Crippen molar-refractivity contribution in [1.29, 1.82) is 0 Å². The molecule has 0 aliphatic carbocycles. The fraction of sp³-hybridized carbons (Fsp3) is 0.176. The van der Waals surface area contributed by atoms with Gasteiger partial charge >= 0.3 is 0 Å². The van der Waals surface area contributed by atoms with E-state index < -0.39 is 0 Å². The van der Waals surface area contributed by atoms with E-state index in [0.29, 0.717) is 10.7 Å². The SMILES string of the molecule is Cc1ccc(C)c(-n2nnnc2SCC(=O)c2ccc(F)cc2)c1. The van der Waals surface area contributed by atoms with Crippen molar-refractivity contribution in [2.45, 2.75) is 19.0 Å². The molecule has 5 nitrogen and oxygen atoms in total. The summed E-state index contributed by atoms with van der Waals surface area (Å²) in [6, 6.07) is 11.5. The Kier molecular flexibility index (Phi) is 4.71. The van der Waals surface area contributed by atoms with Gasteiger partial charge in [0.15, 0.2) is 5.78 Å². The lowest BCUT2D eigenvalue weighted by atomic mass is 10.1. The van der Waals surface area contributed by atoms with Crippen molar-refractivity contribution in [2.75, 3.05) is 5.75 Å². The quantitative estimate of drug-likeness (QED) is 0.525. The zero-order chi connectivity index (χ0) is 17.1. The molecule has 0 fully saturated rings. The van der Waals surface area contributed by atoms with Crippen molar-refractivity contribution < 1.29 is 9.18 Å². The summed E-state index contributed by atoms with van der Waals surface area (Å²) in [6.45, 7) is 3.98. The third-order valence-corrected chi connectivity index (χ3v) is 4.45. The lowest BCUT2D eigenvalue weighted by molar-refractivity contribution is 0.102. The molecule has 122 valence electrons. The van der Waals surface area contributed by atoms with Gasteiger partial charge in [0.25, 0.3) is 0 Å². The maximum atomic E-state index is 12.9. The minimum absolute atomic E-state index is 0.101. The molecule has 0 N–H and O–H groups in total. The van der Waals surface area contributed by atoms with Crippen LogP contribution in [0.25, 0.3) is 5.69 Å². The summed E-state index contributed by atoms with van der Waals surface area (Å²) in [6.07, 6.45) is 0. The Hall–Kier alpha value is -2.54. The Morgan fingerprint density at radius 2 is 1.92 bits per heavy atom. The molecule has 0 aliphatic heterocycles. The number of halogens is 1. The highest BCUT2D eigenvalue weighted by molar-refractivity contribution is 7.99. The fourth-order valence-corrected chi connectivity index (χ4v) is 3.00. The number of benzene rings is 2. The molecule has 1 heterocycles. The molecule has 0 aliphatic rings. The van der Waals surface area contributed by atoms with Gasteiger partial charge in [-0.3, -0.25) is 4.79 Å². The number of rotatable bonds is 5. The van der Waals surface area contributed by atoms with Crippen LogP contribution in [-0.4, -0.2) is 31.7 Å². The van der Waals surface area contributed by atoms with Gasteiger partial charge in [0, 0.05) is 5.56 Å². The van der Waals surface area contributed by atoms with E-state index in [4.69, 9.17) is 0 Å². The largest absolute Gasteiger partial charge is 0.293 e. The van der Waals surface area contributed by atoms with Gasteiger partial charge in [0.05, 0.1) is 11.4 Å². The van der Waals surface area contributed by atoms with E-state index in [0.717, 1.165) is 16.8 Å². The molecule has 24 heavy (non-hydrogen) atoms. The molecule has 3 aromatic rings. The normalized spacial score (nSPS) is 10.8. The van der Waals surface area contributed by atoms with Gasteiger partial charge < -0.3 is 0 Å². The summed E-state index contributed by atoms with van der Waals surface area (Å²) in [5.41, 5.74) is 3.50. The Bertz CT molecular complexity index is 877. The molecule has 0 atom stereocenters. The number of hydrogen-bond acceptors (Lipinski definition) is 5. The number of thioether (sulfide) groups is 1. The van der Waals surface area contributed by atoms with Crippen molar-refractivity contribution in [3.05, 3.63) is 65.0 Å². The van der Waals surface area contributed by atoms with Crippen molar-refractivity contribution in [3.63, 3.8) is 0 Å². The van der Waals surface area contributed by atoms with E-state index in [1.807, 2.05) is 32.0 Å². The van der Waals surface area contributed by atoms with Crippen LogP contribution in [0.1, 0.15) is 21.5 Å². The van der Waals surface area contributed by atoms with Gasteiger partial charge in [0.1, 0.15) is 5.82 Å². The average Bonchev–Trinajstić information content (AvgIpc) is 3.04. The first kappa shape index (κ1) is 16.3. The van der Waals surface area contributed by atoms with Crippen LogP contribution in [-0.2, 0) is 0 Å². The first-order valence-electron chi connectivity index (χ1n) is 7.32. The van der Waals surface area contributed by atoms with Crippen LogP contribution in [0, 0.1) is 19.7 Å². The van der Waals surface area contributed by atoms with Gasteiger partial charge in [-0.15, -0.1) is 5.10 Å². The Morgan fingerprint density at radius 1 is 1.17 bits per heavy atom. The number of carbonyl (C=O) groups excluding carboxylic acids is 1. The summed E-state index contributed by atoms with van der Waals surface area (Å²) in [4.78, 5) is 12.2. The minimum atomic E-state index is -0.363. The molecule has 3 rings (SSSR count). The van der Waals surface area contributed by atoms with Crippen LogP contribution in [0.3, 0.4) is 0 Å². The number of ketones is 1. The Balaban J connectivity index is 1.78. The first-order valence-corrected chi connectivity index (χ1v) is 8.31. The molecular formula is C17H15FN4OS. The highest BCUT2D eigenvalue weighted by Crippen LogP contribution is 2.22. The zero-order valence-electron chi connectivity index (χ0n) is 13.2. The molecule has 0 radical (unpaired) electrons. The third kappa shape index (κ3) is 3.51. The van der Waals surface area contributed by atoms with Crippen LogP contribution in [0.2, 0.25) is 0 Å².